The highest BCUT2D eigenvalue weighted by Gasteiger charge is 2.28. The van der Waals surface area contributed by atoms with Crippen molar-refractivity contribution < 1.29 is 13.0 Å². The lowest BCUT2D eigenvalue weighted by Gasteiger charge is -2.09. The maximum atomic E-state index is 12.8. The molecule has 0 amide bonds. The number of rotatable bonds is 14. The van der Waals surface area contributed by atoms with Gasteiger partial charge in [-0.2, -0.15) is 12.7 Å². The Morgan fingerprint density at radius 1 is 0.900 bits per heavy atom. The molecule has 30 heavy (non-hydrogen) atoms. The summed E-state index contributed by atoms with van der Waals surface area (Å²) in [6, 6.07) is 7.74. The van der Waals surface area contributed by atoms with Gasteiger partial charge >= 0.3 is 10.2 Å². The lowest BCUT2D eigenvalue weighted by atomic mass is 10.1. The molecule has 1 aromatic carbocycles. The van der Waals surface area contributed by atoms with Gasteiger partial charge in [0.05, 0.1) is 6.54 Å². The predicted octanol–water partition coefficient (Wildman–Crippen LogP) is 5.78. The summed E-state index contributed by atoms with van der Waals surface area (Å²) in [6.07, 6.45) is 16.6. The van der Waals surface area contributed by atoms with Crippen LogP contribution in [0, 0.1) is 0 Å². The van der Waals surface area contributed by atoms with Gasteiger partial charge in [0, 0.05) is 24.1 Å². The fourth-order valence-corrected chi connectivity index (χ4v) is 4.79. The Morgan fingerprint density at radius 2 is 1.43 bits per heavy atom. The zero-order valence-corrected chi connectivity index (χ0v) is 21.1. The normalized spacial score (nSPS) is 12.0. The van der Waals surface area contributed by atoms with Gasteiger partial charge < -0.3 is 0 Å². The van der Waals surface area contributed by atoms with Crippen molar-refractivity contribution in [2.45, 2.75) is 77.7 Å². The van der Waals surface area contributed by atoms with Gasteiger partial charge in [-0.1, -0.05) is 74.2 Å². The molecule has 0 aliphatic heterocycles. The number of hydrogen-bond acceptors (Lipinski definition) is 2. The maximum absolute atomic E-state index is 12.8. The van der Waals surface area contributed by atoms with E-state index in [9.17, 15) is 8.42 Å². The Balaban J connectivity index is 1.93. The fraction of sp³-hybridized carbons (Fsp3) is 0.609. The van der Waals surface area contributed by atoms with Crippen molar-refractivity contribution in [1.82, 2.24) is 8.28 Å². The van der Waals surface area contributed by atoms with Crippen molar-refractivity contribution in [3.05, 3.63) is 41.3 Å². The van der Waals surface area contributed by atoms with Crippen LogP contribution in [0.25, 0.3) is 11.3 Å². The van der Waals surface area contributed by atoms with Crippen molar-refractivity contribution >= 4 is 26.1 Å². The molecule has 7 heteroatoms. The van der Waals surface area contributed by atoms with Gasteiger partial charge in [0.25, 0.3) is 6.33 Å². The molecular formula is C23H37BrN3O2S+. The van der Waals surface area contributed by atoms with E-state index in [0.29, 0.717) is 5.69 Å². The van der Waals surface area contributed by atoms with Gasteiger partial charge in [0.2, 0.25) is 0 Å². The molecular weight excluding hydrogens is 462 g/mol. The molecule has 0 N–H and O–H groups in total. The molecule has 0 unspecified atom stereocenters. The van der Waals surface area contributed by atoms with Crippen LogP contribution in [0.15, 0.2) is 41.3 Å². The predicted molar refractivity (Wildman–Crippen MR) is 128 cm³/mol. The second-order valence-electron chi connectivity index (χ2n) is 8.14. The van der Waals surface area contributed by atoms with Gasteiger partial charge in [-0.15, -0.1) is 3.97 Å². The smallest absolute Gasteiger partial charge is 0.235 e. The third-order valence-corrected chi connectivity index (χ3v) is 7.64. The van der Waals surface area contributed by atoms with Crippen molar-refractivity contribution in [2.24, 2.45) is 0 Å². The van der Waals surface area contributed by atoms with E-state index in [1.54, 1.807) is 20.4 Å². The van der Waals surface area contributed by atoms with E-state index < -0.39 is 10.2 Å². The number of halogens is 1. The van der Waals surface area contributed by atoms with Crippen LogP contribution in [0.1, 0.15) is 71.1 Å². The van der Waals surface area contributed by atoms with E-state index in [4.69, 9.17) is 0 Å². The van der Waals surface area contributed by atoms with E-state index in [2.05, 4.69) is 22.9 Å². The van der Waals surface area contributed by atoms with Crippen LogP contribution in [0.2, 0.25) is 0 Å². The van der Waals surface area contributed by atoms with E-state index in [1.807, 2.05) is 35.0 Å². The monoisotopic (exact) mass is 498 g/mol. The number of aromatic nitrogens is 2. The third-order valence-electron chi connectivity index (χ3n) is 5.40. The molecule has 0 aliphatic carbocycles. The summed E-state index contributed by atoms with van der Waals surface area (Å²) < 4.78 is 31.2. The van der Waals surface area contributed by atoms with E-state index in [1.165, 1.54) is 66.1 Å². The molecule has 0 aliphatic rings. The number of benzene rings is 1. The molecule has 0 bridgehead atoms. The Labute approximate surface area is 191 Å². The maximum Gasteiger partial charge on any atom is 0.379 e. The number of unbranched alkanes of at least 4 members (excludes halogenated alkanes) is 9. The molecule has 0 fully saturated rings. The summed E-state index contributed by atoms with van der Waals surface area (Å²) in [5.41, 5.74) is 1.56. The molecule has 0 spiro atoms. The largest absolute Gasteiger partial charge is 0.379 e. The van der Waals surface area contributed by atoms with Crippen LogP contribution in [-0.2, 0) is 16.8 Å². The zero-order chi connectivity index (χ0) is 22.0. The first kappa shape index (κ1) is 25.1. The molecule has 0 saturated heterocycles. The first-order chi connectivity index (χ1) is 14.4. The molecule has 168 valence electrons. The molecule has 0 atom stereocenters. The van der Waals surface area contributed by atoms with E-state index >= 15 is 0 Å². The summed E-state index contributed by atoms with van der Waals surface area (Å²) in [5.74, 6) is 0. The second kappa shape index (κ2) is 12.6. The fourth-order valence-electron chi connectivity index (χ4n) is 3.53. The third kappa shape index (κ3) is 7.50. The minimum Gasteiger partial charge on any atom is -0.235 e. The molecule has 0 radical (unpaired) electrons. The van der Waals surface area contributed by atoms with Crippen LogP contribution >= 0.6 is 15.9 Å². The quantitative estimate of drug-likeness (QED) is 0.244. The van der Waals surface area contributed by atoms with Crippen LogP contribution in [0.3, 0.4) is 0 Å². The van der Waals surface area contributed by atoms with Crippen LogP contribution < -0.4 is 4.57 Å². The molecule has 0 saturated carbocycles. The highest BCUT2D eigenvalue weighted by Crippen LogP contribution is 2.23. The number of nitrogens with zero attached hydrogens (tertiary/aromatic N) is 3. The summed E-state index contributed by atoms with van der Waals surface area (Å²) in [6.45, 7) is 3.08. The lowest BCUT2D eigenvalue weighted by molar-refractivity contribution is -0.696. The first-order valence-corrected chi connectivity index (χ1v) is 13.4. The minimum atomic E-state index is -3.58. The summed E-state index contributed by atoms with van der Waals surface area (Å²) >= 11 is 3.44. The first-order valence-electron chi connectivity index (χ1n) is 11.2. The summed E-state index contributed by atoms with van der Waals surface area (Å²) in [5, 5.41) is 0. The standard InChI is InChI=1S/C23H37BrN3O2S/c1-4-5-6-7-8-9-10-11-12-13-18-26-19-23(21-14-16-22(24)17-15-21)27(20-26)30(28,29)25(2)3/h14-17,19-20H,4-13,18H2,1-3H3/q+1. The van der Waals surface area contributed by atoms with Crippen molar-refractivity contribution in [3.63, 3.8) is 0 Å². The van der Waals surface area contributed by atoms with Gasteiger partial charge in [-0.05, 0) is 37.1 Å². The van der Waals surface area contributed by atoms with Crippen molar-refractivity contribution in [2.75, 3.05) is 14.1 Å². The Bertz CT molecular complexity index is 861. The number of hydrogen-bond donors (Lipinski definition) is 0. The molecule has 2 rings (SSSR count). The Hall–Kier alpha value is -1.18. The topological polar surface area (TPSA) is 46.2 Å². The summed E-state index contributed by atoms with van der Waals surface area (Å²) in [7, 11) is -0.454. The number of imidazole rings is 1. The van der Waals surface area contributed by atoms with Gasteiger partial charge in [-0.25, -0.2) is 4.57 Å². The van der Waals surface area contributed by atoms with Crippen LogP contribution in [0.5, 0.6) is 0 Å². The average Bonchev–Trinajstić information content (AvgIpc) is 3.15. The van der Waals surface area contributed by atoms with Crippen molar-refractivity contribution in [1.29, 1.82) is 0 Å². The Kier molecular flexibility index (Phi) is 10.6. The Morgan fingerprint density at radius 3 is 1.97 bits per heavy atom. The van der Waals surface area contributed by atoms with E-state index in [-0.39, 0.29) is 0 Å². The van der Waals surface area contributed by atoms with Gasteiger partial charge in [0.1, 0.15) is 6.20 Å². The summed E-state index contributed by atoms with van der Waals surface area (Å²) in [4.78, 5) is 0. The molecule has 1 heterocycles. The van der Waals surface area contributed by atoms with Crippen molar-refractivity contribution in [3.8, 4) is 11.3 Å². The zero-order valence-electron chi connectivity index (χ0n) is 18.7. The van der Waals surface area contributed by atoms with Crippen LogP contribution in [0.4, 0.5) is 0 Å². The average molecular weight is 500 g/mol. The lowest BCUT2D eigenvalue weighted by Crippen LogP contribution is -2.33. The highest BCUT2D eigenvalue weighted by molar-refractivity contribution is 9.10. The molecule has 2 aromatic rings. The second-order valence-corrected chi connectivity index (χ2v) is 11.1. The van der Waals surface area contributed by atoms with E-state index in [0.717, 1.165) is 23.0 Å². The molecule has 5 nitrogen and oxygen atoms in total. The highest BCUT2D eigenvalue weighted by atomic mass is 79.9. The number of aryl methyl sites for hydroxylation is 1. The van der Waals surface area contributed by atoms with Gasteiger partial charge in [0.15, 0.2) is 5.69 Å². The SMILES string of the molecule is CCCCCCCCCCCC[n+]1cc(-c2ccc(Br)cc2)n(S(=O)(=O)N(C)C)c1. The van der Waals surface area contributed by atoms with Gasteiger partial charge in [-0.3, -0.25) is 0 Å². The van der Waals surface area contributed by atoms with Crippen LogP contribution in [-0.4, -0.2) is 30.8 Å². The molecule has 1 aromatic heterocycles. The minimum absolute atomic E-state index is 0.684.